The maximum atomic E-state index is 4.49. The van der Waals surface area contributed by atoms with Crippen molar-refractivity contribution in [1.82, 2.24) is 15.1 Å². The quantitative estimate of drug-likeness (QED) is 0.870. The van der Waals surface area contributed by atoms with Gasteiger partial charge < -0.3 is 5.32 Å². The van der Waals surface area contributed by atoms with Crippen molar-refractivity contribution in [2.75, 3.05) is 6.54 Å². The van der Waals surface area contributed by atoms with Crippen molar-refractivity contribution in [3.05, 3.63) is 51.8 Å². The van der Waals surface area contributed by atoms with E-state index in [2.05, 4.69) is 64.5 Å². The number of hydrogen-bond acceptors (Lipinski definition) is 2. The van der Waals surface area contributed by atoms with Gasteiger partial charge in [0.1, 0.15) is 0 Å². The van der Waals surface area contributed by atoms with Crippen LogP contribution < -0.4 is 5.32 Å². The normalized spacial score (nSPS) is 12.6. The third kappa shape index (κ3) is 3.93. The second kappa shape index (κ2) is 7.04. The number of rotatable bonds is 6. The van der Waals surface area contributed by atoms with Crippen LogP contribution in [0.25, 0.3) is 0 Å². The molecule has 1 unspecified atom stereocenters. The zero-order valence-corrected chi connectivity index (χ0v) is 13.9. The van der Waals surface area contributed by atoms with E-state index < -0.39 is 0 Å². The van der Waals surface area contributed by atoms with E-state index in [-0.39, 0.29) is 0 Å². The van der Waals surface area contributed by atoms with Crippen molar-refractivity contribution in [2.45, 2.75) is 32.7 Å². The summed E-state index contributed by atoms with van der Waals surface area (Å²) < 4.78 is 3.02. The summed E-state index contributed by atoms with van der Waals surface area (Å²) in [5.74, 6) is 0. The van der Waals surface area contributed by atoms with E-state index in [0.29, 0.717) is 6.04 Å². The summed E-state index contributed by atoms with van der Waals surface area (Å²) in [5.41, 5.74) is 3.72. The van der Waals surface area contributed by atoms with E-state index in [1.54, 1.807) is 0 Å². The first kappa shape index (κ1) is 15.3. The predicted octanol–water partition coefficient (Wildman–Crippen LogP) is 3.77. The lowest BCUT2D eigenvalue weighted by Gasteiger charge is -2.19. The zero-order chi connectivity index (χ0) is 14.5. The molecule has 0 spiro atoms. The topological polar surface area (TPSA) is 29.9 Å². The highest BCUT2D eigenvalue weighted by atomic mass is 79.9. The van der Waals surface area contributed by atoms with E-state index in [4.69, 9.17) is 0 Å². The number of benzene rings is 1. The number of hydrogen-bond donors (Lipinski definition) is 1. The average molecular weight is 336 g/mol. The molecule has 20 heavy (non-hydrogen) atoms. The Morgan fingerprint density at radius 1 is 1.35 bits per heavy atom. The fraction of sp³-hybridized carbons (Fsp3) is 0.438. The Hall–Kier alpha value is -1.13. The number of nitrogens with zero attached hydrogens (tertiary/aromatic N) is 2. The maximum absolute atomic E-state index is 4.49. The van der Waals surface area contributed by atoms with Gasteiger partial charge in [-0.05, 0) is 43.1 Å². The van der Waals surface area contributed by atoms with Gasteiger partial charge in [-0.2, -0.15) is 5.10 Å². The Labute approximate surface area is 129 Å². The molecule has 1 aromatic carbocycles. The number of aromatic nitrogens is 2. The molecule has 0 aliphatic rings. The van der Waals surface area contributed by atoms with Crippen LogP contribution in [-0.4, -0.2) is 16.3 Å². The van der Waals surface area contributed by atoms with Gasteiger partial charge in [0.2, 0.25) is 0 Å². The first-order valence-electron chi connectivity index (χ1n) is 7.08. The van der Waals surface area contributed by atoms with Gasteiger partial charge in [-0.3, -0.25) is 4.68 Å². The van der Waals surface area contributed by atoms with Crippen molar-refractivity contribution < 1.29 is 0 Å². The second-order valence-corrected chi connectivity index (χ2v) is 6.05. The summed E-state index contributed by atoms with van der Waals surface area (Å²) in [6.45, 7) is 5.34. The lowest BCUT2D eigenvalue weighted by molar-refractivity contribution is 0.521. The molecule has 0 saturated carbocycles. The maximum Gasteiger partial charge on any atom is 0.0643 e. The molecule has 2 aromatic rings. The molecule has 0 bridgehead atoms. The molecule has 1 aromatic heterocycles. The standard InChI is InChI=1S/C16H22BrN3/c1-4-8-18-16(11-14-7-9-20(3)19-14)13-5-6-15(17)12(2)10-13/h5-7,9-10,16,18H,4,8,11H2,1-3H3. The number of halogens is 1. The molecule has 0 radical (unpaired) electrons. The van der Waals surface area contributed by atoms with E-state index in [1.807, 2.05) is 17.9 Å². The zero-order valence-electron chi connectivity index (χ0n) is 12.4. The summed E-state index contributed by atoms with van der Waals surface area (Å²) in [7, 11) is 1.96. The van der Waals surface area contributed by atoms with Crippen molar-refractivity contribution >= 4 is 15.9 Å². The van der Waals surface area contributed by atoms with Gasteiger partial charge in [0, 0.05) is 30.2 Å². The number of aryl methyl sites for hydroxylation is 2. The lowest BCUT2D eigenvalue weighted by Crippen LogP contribution is -2.24. The third-order valence-corrected chi connectivity index (χ3v) is 4.30. The highest BCUT2D eigenvalue weighted by Gasteiger charge is 2.13. The summed E-state index contributed by atoms with van der Waals surface area (Å²) in [4.78, 5) is 0. The van der Waals surface area contributed by atoms with Crippen LogP contribution in [0.2, 0.25) is 0 Å². The largest absolute Gasteiger partial charge is 0.310 e. The minimum atomic E-state index is 0.316. The van der Waals surface area contributed by atoms with Gasteiger partial charge in [0.15, 0.2) is 0 Å². The van der Waals surface area contributed by atoms with E-state index in [0.717, 1.165) is 29.6 Å². The molecule has 108 valence electrons. The molecule has 0 aliphatic heterocycles. The van der Waals surface area contributed by atoms with Crippen LogP contribution >= 0.6 is 15.9 Å². The highest BCUT2D eigenvalue weighted by molar-refractivity contribution is 9.10. The van der Waals surface area contributed by atoms with Gasteiger partial charge in [-0.25, -0.2) is 0 Å². The summed E-state index contributed by atoms with van der Waals surface area (Å²) >= 11 is 3.57. The minimum Gasteiger partial charge on any atom is -0.310 e. The molecule has 4 heteroatoms. The fourth-order valence-corrected chi connectivity index (χ4v) is 2.54. The molecular formula is C16H22BrN3. The summed E-state index contributed by atoms with van der Waals surface area (Å²) in [5, 5.41) is 8.12. The Kier molecular flexibility index (Phi) is 5.38. The second-order valence-electron chi connectivity index (χ2n) is 5.20. The Balaban J connectivity index is 2.19. The van der Waals surface area contributed by atoms with Gasteiger partial charge in [0.05, 0.1) is 5.69 Å². The fourth-order valence-electron chi connectivity index (χ4n) is 2.29. The Morgan fingerprint density at radius 2 is 2.15 bits per heavy atom. The summed E-state index contributed by atoms with van der Waals surface area (Å²) in [6, 6.07) is 8.97. The van der Waals surface area contributed by atoms with Crippen LogP contribution in [0.15, 0.2) is 34.9 Å². The SMILES string of the molecule is CCCNC(Cc1ccn(C)n1)c1ccc(Br)c(C)c1. The van der Waals surface area contributed by atoms with Crippen molar-refractivity contribution in [3.63, 3.8) is 0 Å². The van der Waals surface area contributed by atoms with Crippen LogP contribution in [0.3, 0.4) is 0 Å². The van der Waals surface area contributed by atoms with E-state index in [9.17, 15) is 0 Å². The Bertz CT molecular complexity index is 563. The molecule has 2 rings (SSSR count). The molecule has 1 N–H and O–H groups in total. The van der Waals surface area contributed by atoms with Crippen LogP contribution in [0.5, 0.6) is 0 Å². The van der Waals surface area contributed by atoms with E-state index >= 15 is 0 Å². The van der Waals surface area contributed by atoms with E-state index in [1.165, 1.54) is 11.1 Å². The highest BCUT2D eigenvalue weighted by Crippen LogP contribution is 2.23. The first-order chi connectivity index (χ1) is 9.60. The van der Waals surface area contributed by atoms with Gasteiger partial charge >= 0.3 is 0 Å². The average Bonchev–Trinajstić information content (AvgIpc) is 2.83. The van der Waals surface area contributed by atoms with Crippen LogP contribution in [0, 0.1) is 6.92 Å². The van der Waals surface area contributed by atoms with Crippen molar-refractivity contribution in [2.24, 2.45) is 7.05 Å². The predicted molar refractivity (Wildman–Crippen MR) is 86.8 cm³/mol. The first-order valence-corrected chi connectivity index (χ1v) is 7.87. The minimum absolute atomic E-state index is 0.316. The molecule has 1 heterocycles. The third-order valence-electron chi connectivity index (χ3n) is 3.41. The van der Waals surface area contributed by atoms with Crippen LogP contribution in [0.1, 0.15) is 36.2 Å². The molecule has 0 aliphatic carbocycles. The molecular weight excluding hydrogens is 314 g/mol. The monoisotopic (exact) mass is 335 g/mol. The molecule has 0 fully saturated rings. The lowest BCUT2D eigenvalue weighted by atomic mass is 10.00. The smallest absolute Gasteiger partial charge is 0.0643 e. The molecule has 3 nitrogen and oxygen atoms in total. The Morgan fingerprint density at radius 3 is 2.75 bits per heavy atom. The van der Waals surface area contributed by atoms with Gasteiger partial charge in [0.25, 0.3) is 0 Å². The summed E-state index contributed by atoms with van der Waals surface area (Å²) in [6.07, 6.45) is 4.05. The molecule has 0 amide bonds. The van der Waals surface area contributed by atoms with Crippen molar-refractivity contribution in [3.8, 4) is 0 Å². The number of nitrogens with one attached hydrogen (secondary N) is 1. The van der Waals surface area contributed by atoms with Crippen LogP contribution in [-0.2, 0) is 13.5 Å². The van der Waals surface area contributed by atoms with Crippen LogP contribution in [0.4, 0.5) is 0 Å². The molecule has 0 saturated heterocycles. The van der Waals surface area contributed by atoms with Gasteiger partial charge in [-0.15, -0.1) is 0 Å². The molecule has 1 atom stereocenters. The van der Waals surface area contributed by atoms with Crippen molar-refractivity contribution in [1.29, 1.82) is 0 Å². The van der Waals surface area contributed by atoms with Gasteiger partial charge in [-0.1, -0.05) is 35.0 Å².